The van der Waals surface area contributed by atoms with Crippen LogP contribution in [0.4, 0.5) is 0 Å². The summed E-state index contributed by atoms with van der Waals surface area (Å²) < 4.78 is 0. The summed E-state index contributed by atoms with van der Waals surface area (Å²) in [6.45, 7) is 7.93. The molecule has 0 aliphatic carbocycles. The third-order valence-electron chi connectivity index (χ3n) is 1.66. The van der Waals surface area contributed by atoms with Gasteiger partial charge in [-0.3, -0.25) is 0 Å². The third-order valence-corrected chi connectivity index (χ3v) is 1.66. The lowest BCUT2D eigenvalue weighted by atomic mass is 10.3. The number of hydrogen-bond acceptors (Lipinski definition) is 1. The molecule has 0 aliphatic rings. The molecule has 1 unspecified atom stereocenters. The zero-order valence-electron chi connectivity index (χ0n) is 8.09. The molecule has 0 aromatic carbocycles. The summed E-state index contributed by atoms with van der Waals surface area (Å²) in [7, 11) is 0. The number of nitrogens with one attached hydrogen (secondary N) is 1. The van der Waals surface area contributed by atoms with E-state index >= 15 is 0 Å². The minimum absolute atomic E-state index is 0.574. The van der Waals surface area contributed by atoms with Gasteiger partial charge in [0, 0.05) is 6.04 Å². The molecule has 0 amide bonds. The van der Waals surface area contributed by atoms with Crippen molar-refractivity contribution in [3.8, 4) is 0 Å². The van der Waals surface area contributed by atoms with Crippen molar-refractivity contribution in [2.45, 2.75) is 32.7 Å². The quantitative estimate of drug-likeness (QED) is 0.596. The zero-order chi connectivity index (χ0) is 9.23. The van der Waals surface area contributed by atoms with Gasteiger partial charge in [-0.1, -0.05) is 37.8 Å². The standard InChI is InChI=1S/C11H19N/c1-4-6-7-8-9-10-12-11(3)5-2/h4,6-7,9-12H,1,5,8H2,2-3H3/b7-6-,10-9+. The van der Waals surface area contributed by atoms with E-state index in [9.17, 15) is 0 Å². The molecule has 0 heterocycles. The molecule has 0 aromatic heterocycles. The first kappa shape index (κ1) is 11.0. The monoisotopic (exact) mass is 165 g/mol. The van der Waals surface area contributed by atoms with Crippen molar-refractivity contribution in [3.63, 3.8) is 0 Å². The Morgan fingerprint density at radius 2 is 2.17 bits per heavy atom. The van der Waals surface area contributed by atoms with Gasteiger partial charge in [-0.05, 0) is 26.0 Å². The first-order chi connectivity index (χ1) is 5.81. The number of hydrogen-bond donors (Lipinski definition) is 1. The van der Waals surface area contributed by atoms with Crippen LogP contribution in [0.15, 0.2) is 37.1 Å². The summed E-state index contributed by atoms with van der Waals surface area (Å²) >= 11 is 0. The van der Waals surface area contributed by atoms with Gasteiger partial charge in [0.1, 0.15) is 0 Å². The van der Waals surface area contributed by atoms with Gasteiger partial charge in [-0.25, -0.2) is 0 Å². The summed E-state index contributed by atoms with van der Waals surface area (Å²) in [5.41, 5.74) is 0. The highest BCUT2D eigenvalue weighted by molar-refractivity contribution is 5.00. The first-order valence-electron chi connectivity index (χ1n) is 4.49. The van der Waals surface area contributed by atoms with E-state index in [1.165, 1.54) is 0 Å². The van der Waals surface area contributed by atoms with Crippen molar-refractivity contribution in [2.24, 2.45) is 0 Å². The highest BCUT2D eigenvalue weighted by atomic mass is 14.9. The van der Waals surface area contributed by atoms with Gasteiger partial charge >= 0.3 is 0 Å². The van der Waals surface area contributed by atoms with E-state index < -0.39 is 0 Å². The van der Waals surface area contributed by atoms with Crippen LogP contribution in [0, 0.1) is 0 Å². The Morgan fingerprint density at radius 3 is 2.75 bits per heavy atom. The smallest absolute Gasteiger partial charge is 0.0224 e. The Labute approximate surface area is 75.9 Å². The molecule has 12 heavy (non-hydrogen) atoms. The second-order valence-corrected chi connectivity index (χ2v) is 2.78. The average Bonchev–Trinajstić information content (AvgIpc) is 2.10. The Hall–Kier alpha value is -0.980. The Bertz CT molecular complexity index is 156. The summed E-state index contributed by atoms with van der Waals surface area (Å²) in [4.78, 5) is 0. The SMILES string of the molecule is C=C/C=C\C/C=C/NC(C)CC. The lowest BCUT2D eigenvalue weighted by Crippen LogP contribution is -2.18. The van der Waals surface area contributed by atoms with Crippen molar-refractivity contribution in [1.29, 1.82) is 0 Å². The molecule has 0 aliphatic heterocycles. The van der Waals surface area contributed by atoms with E-state index in [-0.39, 0.29) is 0 Å². The topological polar surface area (TPSA) is 12.0 Å². The van der Waals surface area contributed by atoms with Gasteiger partial charge in [0.15, 0.2) is 0 Å². The van der Waals surface area contributed by atoms with Crippen LogP contribution in [0.3, 0.4) is 0 Å². The number of rotatable bonds is 6. The van der Waals surface area contributed by atoms with Crippen molar-refractivity contribution in [2.75, 3.05) is 0 Å². The zero-order valence-corrected chi connectivity index (χ0v) is 8.09. The molecule has 1 heteroatoms. The lowest BCUT2D eigenvalue weighted by Gasteiger charge is -2.06. The largest absolute Gasteiger partial charge is 0.389 e. The Balaban J connectivity index is 3.36. The van der Waals surface area contributed by atoms with E-state index in [2.05, 4.69) is 37.9 Å². The molecule has 1 atom stereocenters. The fourth-order valence-corrected chi connectivity index (χ4v) is 0.672. The molecule has 68 valence electrons. The van der Waals surface area contributed by atoms with Crippen molar-refractivity contribution >= 4 is 0 Å². The van der Waals surface area contributed by atoms with Crippen LogP contribution in [-0.4, -0.2) is 6.04 Å². The van der Waals surface area contributed by atoms with Gasteiger partial charge < -0.3 is 5.32 Å². The molecule has 1 nitrogen and oxygen atoms in total. The third kappa shape index (κ3) is 7.13. The summed E-state index contributed by atoms with van der Waals surface area (Å²) in [6.07, 6.45) is 12.1. The van der Waals surface area contributed by atoms with Gasteiger partial charge in [0.2, 0.25) is 0 Å². The van der Waals surface area contributed by atoms with Crippen LogP contribution in [0.2, 0.25) is 0 Å². The van der Waals surface area contributed by atoms with Gasteiger partial charge in [-0.2, -0.15) is 0 Å². The van der Waals surface area contributed by atoms with E-state index in [4.69, 9.17) is 0 Å². The average molecular weight is 165 g/mol. The summed E-state index contributed by atoms with van der Waals surface area (Å²) in [5.74, 6) is 0. The second kappa shape index (κ2) is 8.12. The normalized spacial score (nSPS) is 13.8. The summed E-state index contributed by atoms with van der Waals surface area (Å²) in [5, 5.41) is 3.27. The van der Waals surface area contributed by atoms with Gasteiger partial charge in [0.25, 0.3) is 0 Å². The maximum Gasteiger partial charge on any atom is 0.0224 e. The fraction of sp³-hybridized carbons (Fsp3) is 0.455. The Kier molecular flexibility index (Phi) is 7.46. The van der Waals surface area contributed by atoms with Crippen LogP contribution in [0.5, 0.6) is 0 Å². The molecule has 0 spiro atoms. The van der Waals surface area contributed by atoms with Crippen LogP contribution >= 0.6 is 0 Å². The molecular formula is C11H19N. The Morgan fingerprint density at radius 1 is 1.42 bits per heavy atom. The number of allylic oxidation sites excluding steroid dienone is 4. The van der Waals surface area contributed by atoms with E-state index in [1.54, 1.807) is 6.08 Å². The molecular weight excluding hydrogens is 146 g/mol. The maximum atomic E-state index is 3.59. The van der Waals surface area contributed by atoms with Crippen molar-refractivity contribution < 1.29 is 0 Å². The fourth-order valence-electron chi connectivity index (χ4n) is 0.672. The molecule has 0 fully saturated rings. The molecule has 0 saturated carbocycles. The van der Waals surface area contributed by atoms with Crippen molar-refractivity contribution in [1.82, 2.24) is 5.32 Å². The van der Waals surface area contributed by atoms with Gasteiger partial charge in [-0.15, -0.1) is 0 Å². The molecule has 0 bridgehead atoms. The predicted octanol–water partition coefficient (Wildman–Crippen LogP) is 3.02. The minimum atomic E-state index is 0.574. The van der Waals surface area contributed by atoms with Crippen LogP contribution in [0.25, 0.3) is 0 Å². The predicted molar refractivity (Wildman–Crippen MR) is 56.0 cm³/mol. The van der Waals surface area contributed by atoms with Crippen LogP contribution in [0.1, 0.15) is 26.7 Å². The lowest BCUT2D eigenvalue weighted by molar-refractivity contribution is 0.618. The van der Waals surface area contributed by atoms with Gasteiger partial charge in [0.05, 0.1) is 0 Å². The van der Waals surface area contributed by atoms with E-state index in [1.807, 2.05) is 12.3 Å². The van der Waals surface area contributed by atoms with Crippen LogP contribution in [-0.2, 0) is 0 Å². The highest BCUT2D eigenvalue weighted by Gasteiger charge is 1.89. The molecule has 0 aromatic rings. The second-order valence-electron chi connectivity index (χ2n) is 2.78. The molecule has 0 radical (unpaired) electrons. The first-order valence-corrected chi connectivity index (χ1v) is 4.49. The molecule has 0 rings (SSSR count). The maximum absolute atomic E-state index is 3.59. The molecule has 0 saturated heterocycles. The highest BCUT2D eigenvalue weighted by Crippen LogP contribution is 1.89. The van der Waals surface area contributed by atoms with E-state index in [0.717, 1.165) is 12.8 Å². The molecule has 1 N–H and O–H groups in total. The summed E-state index contributed by atoms with van der Waals surface area (Å²) in [6, 6.07) is 0.574. The van der Waals surface area contributed by atoms with Crippen molar-refractivity contribution in [3.05, 3.63) is 37.1 Å². The minimum Gasteiger partial charge on any atom is -0.389 e. The van der Waals surface area contributed by atoms with E-state index in [0.29, 0.717) is 6.04 Å². The van der Waals surface area contributed by atoms with Crippen LogP contribution < -0.4 is 5.32 Å².